The van der Waals surface area contributed by atoms with Crippen LogP contribution >= 0.6 is 11.6 Å². The van der Waals surface area contributed by atoms with Crippen LogP contribution in [0.25, 0.3) is 0 Å². The number of halogens is 1. The third-order valence-electron chi connectivity index (χ3n) is 3.28. The molecule has 0 atom stereocenters. The van der Waals surface area contributed by atoms with Crippen LogP contribution in [-0.4, -0.2) is 11.8 Å². The van der Waals surface area contributed by atoms with E-state index in [9.17, 15) is 9.59 Å². The first-order chi connectivity index (χ1) is 11.0. The van der Waals surface area contributed by atoms with E-state index < -0.39 is 0 Å². The second-order valence-corrected chi connectivity index (χ2v) is 5.97. The van der Waals surface area contributed by atoms with Crippen LogP contribution in [0.15, 0.2) is 48.5 Å². The van der Waals surface area contributed by atoms with Gasteiger partial charge in [0.1, 0.15) is 0 Å². The van der Waals surface area contributed by atoms with Crippen molar-refractivity contribution in [3.05, 3.63) is 64.7 Å². The van der Waals surface area contributed by atoms with Gasteiger partial charge in [0.2, 0.25) is 5.91 Å². The van der Waals surface area contributed by atoms with E-state index in [2.05, 4.69) is 10.6 Å². The molecule has 0 bridgehead atoms. The van der Waals surface area contributed by atoms with Crippen molar-refractivity contribution in [2.24, 2.45) is 5.92 Å². The van der Waals surface area contributed by atoms with Gasteiger partial charge in [-0.1, -0.05) is 43.6 Å². The summed E-state index contributed by atoms with van der Waals surface area (Å²) in [6.45, 7) is 4.05. The molecule has 0 fully saturated rings. The Kier molecular flexibility index (Phi) is 5.77. The highest BCUT2D eigenvalue weighted by Gasteiger charge is 2.10. The van der Waals surface area contributed by atoms with Crippen molar-refractivity contribution in [1.82, 2.24) is 5.32 Å². The molecule has 120 valence electrons. The lowest BCUT2D eigenvalue weighted by molar-refractivity contribution is -0.118. The number of anilines is 1. The Bertz CT molecular complexity index is 696. The van der Waals surface area contributed by atoms with Gasteiger partial charge >= 0.3 is 0 Å². The van der Waals surface area contributed by atoms with E-state index in [1.54, 1.807) is 36.4 Å². The number of carbonyl (C=O) groups excluding carboxylic acids is 2. The molecule has 2 amide bonds. The summed E-state index contributed by atoms with van der Waals surface area (Å²) in [7, 11) is 0. The molecule has 5 heteroatoms. The molecule has 0 aliphatic carbocycles. The monoisotopic (exact) mass is 330 g/mol. The van der Waals surface area contributed by atoms with Crippen LogP contribution in [0.1, 0.15) is 29.8 Å². The molecule has 4 nitrogen and oxygen atoms in total. The molecule has 2 rings (SSSR count). The summed E-state index contributed by atoms with van der Waals surface area (Å²) in [6, 6.07) is 14.2. The minimum absolute atomic E-state index is 0.0799. The predicted molar refractivity (Wildman–Crippen MR) is 92.5 cm³/mol. The van der Waals surface area contributed by atoms with Gasteiger partial charge in [0.15, 0.2) is 0 Å². The van der Waals surface area contributed by atoms with E-state index >= 15 is 0 Å². The highest BCUT2D eigenvalue weighted by atomic mass is 35.5. The molecule has 2 aromatic carbocycles. The Hall–Kier alpha value is -2.33. The third kappa shape index (κ3) is 5.11. The van der Waals surface area contributed by atoms with E-state index in [0.717, 1.165) is 5.56 Å². The van der Waals surface area contributed by atoms with Crippen LogP contribution in [0.5, 0.6) is 0 Å². The molecule has 2 aromatic rings. The molecular weight excluding hydrogens is 312 g/mol. The van der Waals surface area contributed by atoms with Gasteiger partial charge in [0.05, 0.1) is 0 Å². The smallest absolute Gasteiger partial charge is 0.251 e. The maximum atomic E-state index is 12.2. The topological polar surface area (TPSA) is 58.2 Å². The first kappa shape index (κ1) is 17.0. The van der Waals surface area contributed by atoms with Crippen LogP contribution < -0.4 is 10.6 Å². The number of rotatable bonds is 5. The summed E-state index contributed by atoms with van der Waals surface area (Å²) in [5.41, 5.74) is 2.08. The summed E-state index contributed by atoms with van der Waals surface area (Å²) in [5.74, 6) is -0.387. The van der Waals surface area contributed by atoms with Gasteiger partial charge in [-0.15, -0.1) is 0 Å². The molecule has 0 heterocycles. The lowest BCUT2D eigenvalue weighted by Gasteiger charge is -2.10. The lowest BCUT2D eigenvalue weighted by Crippen LogP contribution is -2.23. The van der Waals surface area contributed by atoms with Gasteiger partial charge in [0.25, 0.3) is 5.91 Å². The second kappa shape index (κ2) is 7.79. The molecule has 0 saturated carbocycles. The van der Waals surface area contributed by atoms with E-state index in [1.807, 2.05) is 26.0 Å². The summed E-state index contributed by atoms with van der Waals surface area (Å²) in [4.78, 5) is 23.9. The summed E-state index contributed by atoms with van der Waals surface area (Å²) < 4.78 is 0. The Balaban J connectivity index is 1.99. The predicted octanol–water partition coefficient (Wildman–Crippen LogP) is 3.86. The number of hydrogen-bond acceptors (Lipinski definition) is 2. The Morgan fingerprint density at radius 1 is 1.09 bits per heavy atom. The number of benzene rings is 2. The molecule has 2 N–H and O–H groups in total. The zero-order valence-electron chi connectivity index (χ0n) is 13.1. The fourth-order valence-corrected chi connectivity index (χ4v) is 2.04. The van der Waals surface area contributed by atoms with Gasteiger partial charge in [-0.25, -0.2) is 0 Å². The van der Waals surface area contributed by atoms with E-state index in [0.29, 0.717) is 22.8 Å². The number of hydrogen-bond donors (Lipinski definition) is 2. The first-order valence-corrected chi connectivity index (χ1v) is 7.77. The van der Waals surface area contributed by atoms with Gasteiger partial charge < -0.3 is 10.6 Å². The van der Waals surface area contributed by atoms with Crippen molar-refractivity contribution in [3.63, 3.8) is 0 Å². The van der Waals surface area contributed by atoms with Gasteiger partial charge in [-0.2, -0.15) is 0 Å². The Morgan fingerprint density at radius 3 is 2.43 bits per heavy atom. The first-order valence-electron chi connectivity index (χ1n) is 7.39. The van der Waals surface area contributed by atoms with Gasteiger partial charge in [0, 0.05) is 28.7 Å². The molecule has 0 aromatic heterocycles. The highest BCUT2D eigenvalue weighted by Crippen LogP contribution is 2.13. The molecule has 0 unspecified atom stereocenters. The normalized spacial score (nSPS) is 10.4. The summed E-state index contributed by atoms with van der Waals surface area (Å²) >= 11 is 5.83. The third-order valence-corrected chi connectivity index (χ3v) is 3.53. The molecule has 0 aliphatic heterocycles. The van der Waals surface area contributed by atoms with Crippen LogP contribution in [0.3, 0.4) is 0 Å². The average molecular weight is 331 g/mol. The summed E-state index contributed by atoms with van der Waals surface area (Å²) in [5, 5.41) is 6.29. The standard InChI is InChI=1S/C18H19ClN2O2/c1-12(2)17(22)21-16-5-3-4-14(10-16)18(23)20-11-13-6-8-15(19)9-7-13/h3-10,12H,11H2,1-2H3,(H,20,23)(H,21,22). The minimum Gasteiger partial charge on any atom is -0.348 e. The van der Waals surface area contributed by atoms with Crippen LogP contribution in [-0.2, 0) is 11.3 Å². The molecular formula is C18H19ClN2O2. The average Bonchev–Trinajstić information content (AvgIpc) is 2.54. The second-order valence-electron chi connectivity index (χ2n) is 5.53. The van der Waals surface area contributed by atoms with Crippen molar-refractivity contribution >= 4 is 29.1 Å². The zero-order chi connectivity index (χ0) is 16.8. The van der Waals surface area contributed by atoms with Crippen molar-refractivity contribution in [3.8, 4) is 0 Å². The molecule has 0 saturated heterocycles. The number of carbonyl (C=O) groups is 2. The van der Waals surface area contributed by atoms with Crippen LogP contribution in [0.4, 0.5) is 5.69 Å². The number of amides is 2. The van der Waals surface area contributed by atoms with Crippen molar-refractivity contribution in [1.29, 1.82) is 0 Å². The zero-order valence-corrected chi connectivity index (χ0v) is 13.9. The minimum atomic E-state index is -0.194. The maximum Gasteiger partial charge on any atom is 0.251 e. The fourth-order valence-electron chi connectivity index (χ4n) is 1.91. The lowest BCUT2D eigenvalue weighted by atomic mass is 10.1. The van der Waals surface area contributed by atoms with Gasteiger partial charge in [-0.05, 0) is 35.9 Å². The van der Waals surface area contributed by atoms with Crippen molar-refractivity contribution in [2.75, 3.05) is 5.32 Å². The maximum absolute atomic E-state index is 12.2. The Morgan fingerprint density at radius 2 is 1.78 bits per heavy atom. The molecule has 0 radical (unpaired) electrons. The Labute approximate surface area is 140 Å². The van der Waals surface area contributed by atoms with Crippen molar-refractivity contribution in [2.45, 2.75) is 20.4 Å². The number of nitrogens with one attached hydrogen (secondary N) is 2. The van der Waals surface area contributed by atoms with E-state index in [1.165, 1.54) is 0 Å². The largest absolute Gasteiger partial charge is 0.348 e. The summed E-state index contributed by atoms with van der Waals surface area (Å²) in [6.07, 6.45) is 0. The molecule has 0 aliphatic rings. The van der Waals surface area contributed by atoms with Gasteiger partial charge in [-0.3, -0.25) is 9.59 Å². The quantitative estimate of drug-likeness (QED) is 0.874. The molecule has 23 heavy (non-hydrogen) atoms. The van der Waals surface area contributed by atoms with Crippen LogP contribution in [0.2, 0.25) is 5.02 Å². The van der Waals surface area contributed by atoms with Crippen molar-refractivity contribution < 1.29 is 9.59 Å². The SMILES string of the molecule is CC(C)C(=O)Nc1cccc(C(=O)NCc2ccc(Cl)cc2)c1. The van der Waals surface area contributed by atoms with E-state index in [-0.39, 0.29) is 17.7 Å². The van der Waals surface area contributed by atoms with E-state index in [4.69, 9.17) is 11.6 Å². The highest BCUT2D eigenvalue weighted by molar-refractivity contribution is 6.30. The fraction of sp³-hybridized carbons (Fsp3) is 0.222. The van der Waals surface area contributed by atoms with Crippen LogP contribution in [0, 0.1) is 5.92 Å². The molecule has 0 spiro atoms.